The molecule has 0 aliphatic heterocycles. The van der Waals surface area contributed by atoms with Crippen molar-refractivity contribution in [2.75, 3.05) is 37.7 Å². The maximum absolute atomic E-state index is 13.8. The van der Waals surface area contributed by atoms with Gasteiger partial charge >= 0.3 is 5.97 Å². The second kappa shape index (κ2) is 35.3. The van der Waals surface area contributed by atoms with Crippen molar-refractivity contribution >= 4 is 96.2 Å². The molecule has 71 heavy (non-hydrogen) atoms. The Balaban J connectivity index is 6.47. The lowest BCUT2D eigenvalue weighted by Crippen LogP contribution is -2.61. The fourth-order valence-corrected chi connectivity index (χ4v) is 6.77. The van der Waals surface area contributed by atoms with Crippen molar-refractivity contribution < 1.29 is 67.7 Å². The first kappa shape index (κ1) is 65.2. The van der Waals surface area contributed by atoms with Crippen molar-refractivity contribution in [2.45, 2.75) is 139 Å². The van der Waals surface area contributed by atoms with Crippen LogP contribution < -0.4 is 76.5 Å². The van der Waals surface area contributed by atoms with Gasteiger partial charge in [0.25, 0.3) is 0 Å². The van der Waals surface area contributed by atoms with Crippen LogP contribution in [0.4, 0.5) is 0 Å². The van der Waals surface area contributed by atoms with Gasteiger partial charge in [-0.25, -0.2) is 0 Å². The van der Waals surface area contributed by atoms with E-state index in [1.165, 1.54) is 6.92 Å². The Morgan fingerprint density at radius 1 is 0.479 bits per heavy atom. The smallest absolute Gasteiger partial charge is 0.305 e. The van der Waals surface area contributed by atoms with Gasteiger partial charge in [0, 0.05) is 17.9 Å². The number of aliphatic hydroxyl groups excluding tert-OH is 1. The first-order valence-electron chi connectivity index (χ1n) is 22.8. The number of unbranched alkanes of at least 4 members (excludes halogenated alkanes) is 2. The number of amides is 11. The lowest BCUT2D eigenvalue weighted by Gasteiger charge is -2.28. The zero-order valence-electron chi connectivity index (χ0n) is 40.2. The quantitative estimate of drug-likeness (QED) is 0.0203. The largest absolute Gasteiger partial charge is 0.481 e. The Morgan fingerprint density at radius 2 is 0.845 bits per heavy atom. The van der Waals surface area contributed by atoms with Crippen LogP contribution in [0.5, 0.6) is 0 Å². The molecule has 404 valence electrons. The van der Waals surface area contributed by atoms with Gasteiger partial charge in [-0.2, -0.15) is 25.3 Å². The lowest BCUT2D eigenvalue weighted by molar-refractivity contribution is -0.141. The van der Waals surface area contributed by atoms with Crippen LogP contribution in [0.2, 0.25) is 0 Å². The lowest BCUT2D eigenvalue weighted by atomic mass is 10.0. The Hall–Kier alpha value is -5.82. The van der Waals surface area contributed by atoms with Crippen LogP contribution in [-0.4, -0.2) is 173 Å². The molecule has 11 amide bonds. The van der Waals surface area contributed by atoms with Crippen molar-refractivity contribution in [2.24, 2.45) is 34.6 Å². The number of aliphatic hydroxyl groups is 1. The van der Waals surface area contributed by atoms with Gasteiger partial charge in [0.1, 0.15) is 48.3 Å². The molecule has 0 aliphatic carbocycles. The maximum atomic E-state index is 13.8. The van der Waals surface area contributed by atoms with E-state index in [2.05, 4.69) is 73.1 Å². The Kier molecular flexibility index (Phi) is 32.4. The van der Waals surface area contributed by atoms with E-state index in [0.29, 0.717) is 25.8 Å². The number of rotatable bonds is 37. The standard InChI is InChI=1S/C41H74N14O14S2/c1-20(2)14-25(37(65)48-22(8-4-6-12-42)34(62)47-16-31(46)58)51-36(64)24(10-11-30(45)57)50-40(68)28(18-70)54-35(63)23(9-5-7-13-43)49-38(66)26(15-32(59)60)52-41(69)29(19-71)55-39(67)27(17-56)53-33(61)21(3)44/h20-29,56,70-71H,4-19,42-44H2,1-3H3,(H2,45,57)(H2,46,58)(H,47,62)(H,48,65)(H,49,66)(H,50,68)(H,51,64)(H,52,69)(H,53,61)(H,54,63)(H,55,67)(H,59,60)/t21-,22-,23-,24-,25-,26-,27-,28-,29-/m0/s1. The van der Waals surface area contributed by atoms with Crippen LogP contribution in [0.1, 0.15) is 85.0 Å². The summed E-state index contributed by atoms with van der Waals surface area (Å²) < 4.78 is 0. The van der Waals surface area contributed by atoms with E-state index in [1.807, 2.05) is 0 Å². The minimum atomic E-state index is -1.87. The maximum Gasteiger partial charge on any atom is 0.305 e. The van der Waals surface area contributed by atoms with Crippen molar-refractivity contribution in [3.05, 3.63) is 0 Å². The van der Waals surface area contributed by atoms with Gasteiger partial charge in [-0.3, -0.25) is 57.5 Å². The monoisotopic (exact) mass is 1050 g/mol. The molecule has 30 heteroatoms. The van der Waals surface area contributed by atoms with Crippen molar-refractivity contribution in [3.63, 3.8) is 0 Å². The molecule has 0 bridgehead atoms. The SMILES string of the molecule is CC(C)C[C@H](NC(=O)[C@H](CCC(N)=O)NC(=O)[C@H](CS)NC(=O)[C@H](CCCCN)NC(=O)[C@H](CC(=O)O)NC(=O)[C@H](CS)NC(=O)[C@H](CO)NC(=O)[C@H](C)N)C(=O)N[C@@H](CCCCN)C(=O)NCC(N)=O. The molecule has 0 aliphatic rings. The average Bonchev–Trinajstić information content (AvgIpc) is 3.29. The molecular formula is C41H74N14O14S2. The summed E-state index contributed by atoms with van der Waals surface area (Å²) in [5.41, 5.74) is 27.2. The Labute approximate surface area is 422 Å². The third-order valence-electron chi connectivity index (χ3n) is 10.1. The predicted molar refractivity (Wildman–Crippen MR) is 262 cm³/mol. The number of nitrogens with two attached hydrogens (primary N) is 5. The molecule has 0 saturated carbocycles. The fraction of sp³-hybridized carbons (Fsp3) is 0.707. The number of hydrogen-bond acceptors (Lipinski definition) is 18. The molecule has 0 aromatic carbocycles. The molecule has 28 nitrogen and oxygen atoms in total. The van der Waals surface area contributed by atoms with Gasteiger partial charge in [-0.05, 0) is 77.3 Å². The molecule has 0 saturated heterocycles. The number of primary amides is 2. The summed E-state index contributed by atoms with van der Waals surface area (Å²) in [6.45, 7) is 3.88. The molecule has 0 spiro atoms. The highest BCUT2D eigenvalue weighted by Crippen LogP contribution is 2.11. The molecule has 0 heterocycles. The number of hydrogen-bond donors (Lipinski definition) is 18. The van der Waals surface area contributed by atoms with Gasteiger partial charge in [-0.1, -0.05) is 13.8 Å². The molecule has 0 unspecified atom stereocenters. The Bertz CT molecular complexity index is 1830. The topological polar surface area (TPSA) is 484 Å². The summed E-state index contributed by atoms with van der Waals surface area (Å²) >= 11 is 8.22. The van der Waals surface area contributed by atoms with Crippen LogP contribution in [0.3, 0.4) is 0 Å². The highest BCUT2D eigenvalue weighted by molar-refractivity contribution is 7.80. The summed E-state index contributed by atoms with van der Waals surface area (Å²) in [6.07, 6.45) is -0.340. The summed E-state index contributed by atoms with van der Waals surface area (Å²) in [5.74, 6) is -12.9. The van der Waals surface area contributed by atoms with E-state index >= 15 is 0 Å². The van der Waals surface area contributed by atoms with Crippen LogP contribution in [-0.2, 0) is 57.5 Å². The number of carboxylic acids is 1. The van der Waals surface area contributed by atoms with Crippen LogP contribution in [0, 0.1) is 5.92 Å². The third kappa shape index (κ3) is 26.8. The number of carboxylic acid groups (broad SMARTS) is 1. The number of aliphatic carboxylic acids is 1. The summed E-state index contributed by atoms with van der Waals surface area (Å²) in [6, 6.07) is -13.1. The summed E-state index contributed by atoms with van der Waals surface area (Å²) in [5, 5.41) is 40.5. The predicted octanol–water partition coefficient (Wildman–Crippen LogP) is -7.29. The van der Waals surface area contributed by atoms with Gasteiger partial charge in [0.2, 0.25) is 65.0 Å². The molecule has 0 fully saturated rings. The second-order valence-corrected chi connectivity index (χ2v) is 17.5. The molecular weight excluding hydrogens is 977 g/mol. The zero-order chi connectivity index (χ0) is 54.4. The molecule has 21 N–H and O–H groups in total. The summed E-state index contributed by atoms with van der Waals surface area (Å²) in [4.78, 5) is 155. The first-order valence-corrected chi connectivity index (χ1v) is 24.1. The minimum Gasteiger partial charge on any atom is -0.481 e. The zero-order valence-corrected chi connectivity index (χ0v) is 42.0. The molecule has 0 aromatic heterocycles. The first-order chi connectivity index (χ1) is 33.3. The van der Waals surface area contributed by atoms with E-state index in [-0.39, 0.29) is 44.6 Å². The van der Waals surface area contributed by atoms with E-state index in [4.69, 9.17) is 28.7 Å². The average molecular weight is 1050 g/mol. The van der Waals surface area contributed by atoms with Crippen molar-refractivity contribution in [1.29, 1.82) is 0 Å². The van der Waals surface area contributed by atoms with Gasteiger partial charge in [0.05, 0.1) is 25.6 Å². The van der Waals surface area contributed by atoms with Crippen LogP contribution >= 0.6 is 25.3 Å². The van der Waals surface area contributed by atoms with E-state index < -0.39 is 163 Å². The van der Waals surface area contributed by atoms with E-state index in [1.54, 1.807) is 13.8 Å². The van der Waals surface area contributed by atoms with Crippen molar-refractivity contribution in [3.8, 4) is 0 Å². The fourth-order valence-electron chi connectivity index (χ4n) is 6.25. The molecule has 0 aromatic rings. The van der Waals surface area contributed by atoms with E-state index in [0.717, 1.165) is 0 Å². The number of carbonyl (C=O) groups excluding carboxylic acids is 11. The molecule has 0 radical (unpaired) electrons. The highest BCUT2D eigenvalue weighted by Gasteiger charge is 2.35. The van der Waals surface area contributed by atoms with Gasteiger partial charge in [-0.15, -0.1) is 0 Å². The number of carbonyl (C=O) groups is 12. The van der Waals surface area contributed by atoms with Crippen LogP contribution in [0.15, 0.2) is 0 Å². The molecule has 9 atom stereocenters. The third-order valence-corrected chi connectivity index (χ3v) is 10.9. The van der Waals surface area contributed by atoms with Crippen LogP contribution in [0.25, 0.3) is 0 Å². The van der Waals surface area contributed by atoms with E-state index in [9.17, 15) is 67.7 Å². The number of nitrogens with one attached hydrogen (secondary N) is 9. The van der Waals surface area contributed by atoms with Crippen molar-refractivity contribution in [1.82, 2.24) is 47.9 Å². The van der Waals surface area contributed by atoms with Gasteiger partial charge < -0.3 is 86.7 Å². The normalized spacial score (nSPS) is 14.8. The van der Waals surface area contributed by atoms with Gasteiger partial charge in [0.15, 0.2) is 0 Å². The Morgan fingerprint density at radius 3 is 1.24 bits per heavy atom. The molecule has 0 rings (SSSR count). The second-order valence-electron chi connectivity index (χ2n) is 16.8. The highest BCUT2D eigenvalue weighted by atomic mass is 32.1. The minimum absolute atomic E-state index is 0.0312. The summed E-state index contributed by atoms with van der Waals surface area (Å²) in [7, 11) is 0. The number of thiol groups is 2.